The first kappa shape index (κ1) is 47.9. The highest BCUT2D eigenvalue weighted by atomic mass is 32.1. The molecule has 2 heterocycles. The Kier molecular flexibility index (Phi) is 14.9. The van der Waals surface area contributed by atoms with Gasteiger partial charge in [0.25, 0.3) is 0 Å². The maximum atomic E-state index is 13.1. The zero-order valence-electron chi connectivity index (χ0n) is 39.0. The lowest BCUT2D eigenvalue weighted by molar-refractivity contribution is -0.199. The molecule has 9 nitrogen and oxygen atoms in total. The van der Waals surface area contributed by atoms with Crippen molar-refractivity contribution in [1.29, 1.82) is 5.26 Å². The number of hydrogen-bond acceptors (Lipinski definition) is 7. The molecule has 62 heavy (non-hydrogen) atoms. The second-order valence-electron chi connectivity index (χ2n) is 20.8. The Morgan fingerprint density at radius 3 is 2.27 bits per heavy atom. The fourth-order valence-corrected chi connectivity index (χ4v) is 15.2. The molecule has 6 saturated carbocycles. The number of nitrogens with zero attached hydrogens (tertiary/aromatic N) is 3. The van der Waals surface area contributed by atoms with Crippen molar-refractivity contribution in [2.75, 3.05) is 6.54 Å². The second kappa shape index (κ2) is 19.3. The number of allylic oxidation sites excluding steroid dienone is 1. The SMILES string of the molecule is C=CC.CC.CC1C(C(=O)O)CC1C(=O)OC1CCC2(C)C(CCC3(C)C4CCC5(C)CCCC5C4CCC32)C1(C)S.N#Cc1ccc(-c2cnc(C3CCCN3C=O)[nH]2)cc1. The number of aromatic amines is 1. The molecule has 2 aromatic rings. The summed E-state index contributed by atoms with van der Waals surface area (Å²) in [5.41, 5.74) is 3.81. The second-order valence-corrected chi connectivity index (χ2v) is 21.8. The maximum absolute atomic E-state index is 13.1. The van der Waals surface area contributed by atoms with Gasteiger partial charge in [-0.3, -0.25) is 14.4 Å². The normalized spacial score (nSPS) is 39.9. The van der Waals surface area contributed by atoms with E-state index in [-0.39, 0.29) is 40.1 Å². The van der Waals surface area contributed by atoms with E-state index in [0.29, 0.717) is 28.7 Å². The third kappa shape index (κ3) is 8.66. The predicted molar refractivity (Wildman–Crippen MR) is 249 cm³/mol. The molecule has 14 unspecified atom stereocenters. The number of carboxylic acids is 1. The molecule has 2 N–H and O–H groups in total. The number of ether oxygens (including phenoxy) is 1. The number of rotatable bonds is 6. The molecule has 340 valence electrons. The van der Waals surface area contributed by atoms with Crippen molar-refractivity contribution < 1.29 is 24.2 Å². The van der Waals surface area contributed by atoms with E-state index in [9.17, 15) is 19.5 Å². The first-order chi connectivity index (χ1) is 29.6. The minimum Gasteiger partial charge on any atom is -0.481 e. The van der Waals surface area contributed by atoms with E-state index < -0.39 is 11.9 Å². The van der Waals surface area contributed by atoms with Crippen molar-refractivity contribution in [2.45, 2.75) is 162 Å². The summed E-state index contributed by atoms with van der Waals surface area (Å²) in [6.45, 7) is 22.0. The molecule has 1 aromatic heterocycles. The number of carboxylic acid groups (broad SMARTS) is 1. The Morgan fingerprint density at radius 1 is 0.935 bits per heavy atom. The van der Waals surface area contributed by atoms with Crippen LogP contribution >= 0.6 is 12.6 Å². The number of nitriles is 1. The third-order valence-corrected chi connectivity index (χ3v) is 18.4. The first-order valence-corrected chi connectivity index (χ1v) is 24.5. The van der Waals surface area contributed by atoms with Gasteiger partial charge in [0, 0.05) is 6.54 Å². The average molecular weight is 869 g/mol. The number of aliphatic carboxylic acids is 1. The van der Waals surface area contributed by atoms with Crippen LogP contribution in [0.4, 0.5) is 0 Å². The average Bonchev–Trinajstić information content (AvgIpc) is 4.02. The predicted octanol–water partition coefficient (Wildman–Crippen LogP) is 11.9. The maximum Gasteiger partial charge on any atom is 0.309 e. The van der Waals surface area contributed by atoms with Crippen molar-refractivity contribution in [2.24, 2.45) is 63.6 Å². The number of carbonyl (C=O) groups excluding carboxylic acids is 2. The Balaban J connectivity index is 0.000000216. The summed E-state index contributed by atoms with van der Waals surface area (Å²) in [7, 11) is 0. The van der Waals surface area contributed by atoms with Crippen LogP contribution in [-0.2, 0) is 19.1 Å². The number of esters is 1. The van der Waals surface area contributed by atoms with Gasteiger partial charge in [0.05, 0.1) is 46.1 Å². The van der Waals surface area contributed by atoms with Crippen molar-refractivity contribution in [3.05, 3.63) is 54.5 Å². The van der Waals surface area contributed by atoms with E-state index in [0.717, 1.165) is 79.4 Å². The number of H-pyrrole nitrogens is 1. The molecule has 7 fully saturated rings. The van der Waals surface area contributed by atoms with Crippen LogP contribution in [0.2, 0.25) is 0 Å². The molecule has 1 aromatic carbocycles. The topological polar surface area (TPSA) is 136 Å². The highest BCUT2D eigenvalue weighted by Crippen LogP contribution is 2.72. The van der Waals surface area contributed by atoms with Crippen LogP contribution in [0.1, 0.15) is 163 Å². The molecule has 14 atom stereocenters. The van der Waals surface area contributed by atoms with E-state index >= 15 is 0 Å². The van der Waals surface area contributed by atoms with Gasteiger partial charge in [0.2, 0.25) is 6.41 Å². The summed E-state index contributed by atoms with van der Waals surface area (Å²) >= 11 is 5.32. The molecule has 0 spiro atoms. The minimum absolute atomic E-state index is 0.0552. The summed E-state index contributed by atoms with van der Waals surface area (Å²) < 4.78 is 5.85. The van der Waals surface area contributed by atoms with Crippen LogP contribution in [-0.4, -0.2) is 55.7 Å². The minimum atomic E-state index is -0.792. The van der Waals surface area contributed by atoms with Gasteiger partial charge >= 0.3 is 11.9 Å². The first-order valence-electron chi connectivity index (χ1n) is 24.1. The molecule has 0 radical (unpaired) electrons. The molecule has 10 heteroatoms. The number of imidazole rings is 1. The molecule has 0 bridgehead atoms. The summed E-state index contributed by atoms with van der Waals surface area (Å²) in [5, 5.41) is 18.1. The van der Waals surface area contributed by atoms with Crippen LogP contribution in [0.5, 0.6) is 0 Å². The number of aromatic nitrogens is 2. The standard InChI is InChI=1S/C32H50O4S.C15H14N4O.C3H6.C2H6/c1-18-20(27(33)34)17-21(18)28(35)36-26-12-16-31(4)24-9-8-19-22-7-6-13-29(22,2)14-10-23(19)30(24,3)15-11-25(31)32(26,5)37;16-8-11-3-5-12(6-4-11)13-9-17-15(18-13)14-2-1-7-19(14)10-20;1-3-2;1-2/h18-26,37H,6-17H2,1-5H3,(H,33,34);3-6,9-10,14H,1-2,7H2,(H,17,18);3H,1H2,2H3;1-2H3. The summed E-state index contributed by atoms with van der Waals surface area (Å²) in [6.07, 6.45) is 21.1. The van der Waals surface area contributed by atoms with E-state index in [1.54, 1.807) is 29.3 Å². The Labute approximate surface area is 378 Å². The van der Waals surface area contributed by atoms with Gasteiger partial charge < -0.3 is 19.7 Å². The van der Waals surface area contributed by atoms with Crippen molar-refractivity contribution in [1.82, 2.24) is 14.9 Å². The monoisotopic (exact) mass is 869 g/mol. The number of fused-ring (bicyclic) bond motifs is 7. The van der Waals surface area contributed by atoms with Gasteiger partial charge in [-0.15, -0.1) is 6.58 Å². The van der Waals surface area contributed by atoms with Crippen molar-refractivity contribution in [3.63, 3.8) is 0 Å². The molecule has 9 rings (SSSR count). The van der Waals surface area contributed by atoms with Crippen LogP contribution in [0.3, 0.4) is 0 Å². The molecular formula is C52H76N4O5S. The smallest absolute Gasteiger partial charge is 0.309 e. The fraction of sp³-hybridized carbons (Fsp3) is 0.712. The third-order valence-electron chi connectivity index (χ3n) is 17.8. The quantitative estimate of drug-likeness (QED) is 0.114. The van der Waals surface area contributed by atoms with E-state index in [1.165, 1.54) is 57.8 Å². The number of nitrogens with one attached hydrogen (secondary N) is 1. The van der Waals surface area contributed by atoms with Gasteiger partial charge in [-0.25, -0.2) is 4.98 Å². The summed E-state index contributed by atoms with van der Waals surface area (Å²) in [6, 6.07) is 9.50. The van der Waals surface area contributed by atoms with Crippen molar-refractivity contribution >= 4 is 31.0 Å². The van der Waals surface area contributed by atoms with Crippen LogP contribution < -0.4 is 0 Å². The summed E-state index contributed by atoms with van der Waals surface area (Å²) in [4.78, 5) is 44.9. The highest BCUT2D eigenvalue weighted by Gasteiger charge is 2.66. The Bertz CT molecular complexity index is 1940. The van der Waals surface area contributed by atoms with Gasteiger partial charge in [-0.2, -0.15) is 17.9 Å². The highest BCUT2D eigenvalue weighted by molar-refractivity contribution is 7.81. The number of likely N-dealkylation sites (tertiary alicyclic amines) is 1. The van der Waals surface area contributed by atoms with Crippen LogP contribution in [0.15, 0.2) is 43.1 Å². The largest absolute Gasteiger partial charge is 0.481 e. The van der Waals surface area contributed by atoms with E-state index in [4.69, 9.17) is 22.6 Å². The van der Waals surface area contributed by atoms with Gasteiger partial charge in [-0.1, -0.05) is 66.2 Å². The summed E-state index contributed by atoms with van der Waals surface area (Å²) in [5.74, 6) is 2.94. The molecule has 1 saturated heterocycles. The lowest BCUT2D eigenvalue weighted by atomic mass is 9.37. The lowest BCUT2D eigenvalue weighted by Gasteiger charge is -2.69. The van der Waals surface area contributed by atoms with Gasteiger partial charge in [0.15, 0.2) is 0 Å². The Morgan fingerprint density at radius 2 is 1.63 bits per heavy atom. The number of amides is 1. The van der Waals surface area contributed by atoms with E-state index in [1.807, 2.05) is 39.8 Å². The molecule has 7 aliphatic rings. The van der Waals surface area contributed by atoms with Gasteiger partial charge in [-0.05, 0) is 167 Å². The van der Waals surface area contributed by atoms with Crippen molar-refractivity contribution in [3.8, 4) is 17.3 Å². The molecule has 1 amide bonds. The number of thiol groups is 1. The fourth-order valence-electron chi connectivity index (χ4n) is 14.6. The molecule has 6 aliphatic carbocycles. The Hall–Kier alpha value is -3.58. The molecular weight excluding hydrogens is 793 g/mol. The zero-order valence-corrected chi connectivity index (χ0v) is 39.9. The van der Waals surface area contributed by atoms with E-state index in [2.05, 4.69) is 50.3 Å². The molecule has 1 aliphatic heterocycles. The van der Waals surface area contributed by atoms with Crippen LogP contribution in [0, 0.1) is 74.9 Å². The van der Waals surface area contributed by atoms with Gasteiger partial charge in [0.1, 0.15) is 11.9 Å². The van der Waals surface area contributed by atoms with Crippen LogP contribution in [0.25, 0.3) is 11.3 Å². The number of benzene rings is 1. The number of hydrogen-bond donors (Lipinski definition) is 3. The zero-order chi connectivity index (χ0) is 45.2. The number of carbonyl (C=O) groups is 3. The lowest BCUT2D eigenvalue weighted by Crippen LogP contribution is -2.65.